The van der Waals surface area contributed by atoms with Gasteiger partial charge in [-0.05, 0) is 6.07 Å². The molecule has 4 heteroatoms. The molecule has 0 aliphatic heterocycles. The largest absolute Gasteiger partial charge is 0.411 e. The first-order valence-electron chi connectivity index (χ1n) is 5.14. The number of oxime groups is 1. The van der Waals surface area contributed by atoms with Crippen molar-refractivity contribution in [3.8, 4) is 0 Å². The normalized spacial score (nSPS) is 11.9. The van der Waals surface area contributed by atoms with Crippen LogP contribution in [0.3, 0.4) is 0 Å². The molecule has 1 aromatic heterocycles. The maximum Gasteiger partial charge on any atom is 0.227 e. The minimum absolute atomic E-state index is 0.135. The van der Waals surface area contributed by atoms with E-state index >= 15 is 0 Å². The van der Waals surface area contributed by atoms with E-state index in [-0.39, 0.29) is 17.7 Å². The van der Waals surface area contributed by atoms with Gasteiger partial charge in [-0.2, -0.15) is 4.57 Å². The van der Waals surface area contributed by atoms with Gasteiger partial charge in [-0.1, -0.05) is 25.9 Å². The van der Waals surface area contributed by atoms with Gasteiger partial charge in [0.25, 0.3) is 0 Å². The third kappa shape index (κ3) is 3.15. The lowest BCUT2D eigenvalue weighted by atomic mass is 9.91. The van der Waals surface area contributed by atoms with Gasteiger partial charge < -0.3 is 5.21 Å². The van der Waals surface area contributed by atoms with E-state index in [4.69, 9.17) is 5.21 Å². The molecule has 0 unspecified atom stereocenters. The Kier molecular flexibility index (Phi) is 3.77. The summed E-state index contributed by atoms with van der Waals surface area (Å²) < 4.78 is 1.76. The van der Waals surface area contributed by atoms with Gasteiger partial charge in [-0.25, -0.2) is 0 Å². The summed E-state index contributed by atoms with van der Waals surface area (Å²) in [6.07, 6.45) is 3.11. The van der Waals surface area contributed by atoms with Crippen LogP contribution in [-0.4, -0.2) is 17.2 Å². The van der Waals surface area contributed by atoms with Crippen LogP contribution in [0.25, 0.3) is 0 Å². The zero-order chi connectivity index (χ0) is 12.2. The van der Waals surface area contributed by atoms with Gasteiger partial charge in [0, 0.05) is 17.5 Å². The summed E-state index contributed by atoms with van der Waals surface area (Å²) in [4.78, 5) is 11.9. The molecule has 0 aromatic carbocycles. The van der Waals surface area contributed by atoms with Gasteiger partial charge in [-0.15, -0.1) is 0 Å². The molecule has 0 bridgehead atoms. The first-order chi connectivity index (χ1) is 7.45. The monoisotopic (exact) mass is 221 g/mol. The van der Waals surface area contributed by atoms with E-state index in [9.17, 15) is 4.79 Å². The average Bonchev–Trinajstić information content (AvgIpc) is 2.20. The summed E-state index contributed by atoms with van der Waals surface area (Å²) in [6, 6.07) is 5.45. The molecule has 86 valence electrons. The summed E-state index contributed by atoms with van der Waals surface area (Å²) in [5.41, 5.74) is 0.332. The van der Waals surface area contributed by atoms with Crippen molar-refractivity contribution in [2.45, 2.75) is 27.3 Å². The van der Waals surface area contributed by atoms with Crippen LogP contribution in [0.4, 0.5) is 0 Å². The lowest BCUT2D eigenvalue weighted by Crippen LogP contribution is -2.44. The van der Waals surface area contributed by atoms with E-state index in [0.717, 1.165) is 0 Å². The summed E-state index contributed by atoms with van der Waals surface area (Å²) in [5.74, 6) is 0.135. The number of nitrogens with zero attached hydrogens (tertiary/aromatic N) is 2. The molecule has 16 heavy (non-hydrogen) atoms. The van der Waals surface area contributed by atoms with Gasteiger partial charge in [0.15, 0.2) is 6.20 Å². The quantitative estimate of drug-likeness (QED) is 0.363. The molecule has 0 spiro atoms. The number of hydrogen-bond acceptors (Lipinski definition) is 3. The molecule has 1 rings (SSSR count). The van der Waals surface area contributed by atoms with Crippen molar-refractivity contribution >= 4 is 12.0 Å². The van der Waals surface area contributed by atoms with Gasteiger partial charge >= 0.3 is 0 Å². The van der Waals surface area contributed by atoms with Crippen molar-refractivity contribution in [3.63, 3.8) is 0 Å². The summed E-state index contributed by atoms with van der Waals surface area (Å²) >= 11 is 0. The van der Waals surface area contributed by atoms with Crippen molar-refractivity contribution in [2.75, 3.05) is 0 Å². The third-order valence-corrected chi connectivity index (χ3v) is 2.32. The van der Waals surface area contributed by atoms with Crippen LogP contribution in [-0.2, 0) is 11.3 Å². The molecule has 0 saturated heterocycles. The Morgan fingerprint density at radius 3 is 2.75 bits per heavy atom. The van der Waals surface area contributed by atoms with Crippen molar-refractivity contribution in [1.29, 1.82) is 0 Å². The van der Waals surface area contributed by atoms with Crippen LogP contribution < -0.4 is 4.57 Å². The molecule has 0 aliphatic rings. The van der Waals surface area contributed by atoms with Crippen molar-refractivity contribution < 1.29 is 14.6 Å². The summed E-state index contributed by atoms with van der Waals surface area (Å²) in [5, 5.41) is 11.5. The number of carbonyl (C=O) groups excluding carboxylic acids is 1. The van der Waals surface area contributed by atoms with Gasteiger partial charge in [-0.3, -0.25) is 4.79 Å². The van der Waals surface area contributed by atoms with Crippen LogP contribution in [0.15, 0.2) is 29.6 Å². The second-order valence-electron chi connectivity index (χ2n) is 4.67. The topological polar surface area (TPSA) is 53.5 Å². The highest BCUT2D eigenvalue weighted by Crippen LogP contribution is 2.14. The van der Waals surface area contributed by atoms with Crippen LogP contribution >= 0.6 is 0 Å². The second kappa shape index (κ2) is 4.88. The SMILES string of the molecule is CC(C)(C)C(=O)C[n+]1ccccc1/C=N\O. The van der Waals surface area contributed by atoms with E-state index in [2.05, 4.69) is 5.16 Å². The van der Waals surface area contributed by atoms with Crippen molar-refractivity contribution in [2.24, 2.45) is 10.6 Å². The number of aromatic nitrogens is 1. The van der Waals surface area contributed by atoms with E-state index in [1.54, 1.807) is 16.8 Å². The number of ketones is 1. The molecule has 0 saturated carbocycles. The Morgan fingerprint density at radius 2 is 2.19 bits per heavy atom. The number of Topliss-reactive ketones (excluding diaryl/α,β-unsaturated/α-hetero) is 1. The number of rotatable bonds is 3. The summed E-state index contributed by atoms with van der Waals surface area (Å²) in [6.45, 7) is 5.95. The molecule has 0 fully saturated rings. The number of carbonyl (C=O) groups is 1. The molecular formula is C12H17N2O2+. The van der Waals surface area contributed by atoms with Gasteiger partial charge in [0.1, 0.15) is 6.21 Å². The van der Waals surface area contributed by atoms with Crippen LogP contribution in [0.1, 0.15) is 26.5 Å². The zero-order valence-electron chi connectivity index (χ0n) is 9.84. The lowest BCUT2D eigenvalue weighted by molar-refractivity contribution is -0.685. The highest BCUT2D eigenvalue weighted by Gasteiger charge is 2.25. The van der Waals surface area contributed by atoms with E-state index in [1.807, 2.05) is 32.9 Å². The predicted molar refractivity (Wildman–Crippen MR) is 60.5 cm³/mol. The van der Waals surface area contributed by atoms with Gasteiger partial charge in [0.05, 0.1) is 0 Å². The van der Waals surface area contributed by atoms with Crippen LogP contribution in [0, 0.1) is 5.41 Å². The Labute approximate surface area is 95.2 Å². The minimum Gasteiger partial charge on any atom is -0.411 e. The van der Waals surface area contributed by atoms with Crippen molar-refractivity contribution in [1.82, 2.24) is 0 Å². The fourth-order valence-electron chi connectivity index (χ4n) is 1.20. The Hall–Kier alpha value is -1.71. The Morgan fingerprint density at radius 1 is 1.50 bits per heavy atom. The standard InChI is InChI=1S/C12H16N2O2/c1-12(2,3)11(15)9-14-7-5-4-6-10(14)8-13-16/h4-8H,9H2,1-3H3/p+1. The summed E-state index contributed by atoms with van der Waals surface area (Å²) in [7, 11) is 0. The first-order valence-corrected chi connectivity index (χ1v) is 5.14. The third-order valence-electron chi connectivity index (χ3n) is 2.32. The van der Waals surface area contributed by atoms with Crippen LogP contribution in [0.5, 0.6) is 0 Å². The highest BCUT2D eigenvalue weighted by molar-refractivity contribution is 5.82. The lowest BCUT2D eigenvalue weighted by Gasteiger charge is -2.14. The smallest absolute Gasteiger partial charge is 0.227 e. The predicted octanol–water partition coefficient (Wildman–Crippen LogP) is 1.40. The van der Waals surface area contributed by atoms with Crippen molar-refractivity contribution in [3.05, 3.63) is 30.1 Å². The number of pyridine rings is 1. The van der Waals surface area contributed by atoms with E-state index in [0.29, 0.717) is 5.69 Å². The molecule has 1 heterocycles. The first kappa shape index (κ1) is 12.4. The average molecular weight is 221 g/mol. The van der Waals surface area contributed by atoms with E-state index < -0.39 is 0 Å². The molecule has 0 atom stereocenters. The zero-order valence-corrected chi connectivity index (χ0v) is 9.84. The van der Waals surface area contributed by atoms with E-state index in [1.165, 1.54) is 6.21 Å². The second-order valence-corrected chi connectivity index (χ2v) is 4.67. The molecule has 0 aliphatic carbocycles. The molecule has 4 nitrogen and oxygen atoms in total. The fourth-order valence-corrected chi connectivity index (χ4v) is 1.20. The minimum atomic E-state index is -0.365. The Bertz CT molecular complexity index is 406. The van der Waals surface area contributed by atoms with Gasteiger partial charge in [0.2, 0.25) is 18.0 Å². The molecule has 1 aromatic rings. The highest BCUT2D eigenvalue weighted by atomic mass is 16.4. The molecular weight excluding hydrogens is 204 g/mol. The maximum absolute atomic E-state index is 11.9. The molecule has 1 N–H and O–H groups in total. The number of hydrogen-bond donors (Lipinski definition) is 1. The fraction of sp³-hybridized carbons (Fsp3) is 0.417. The maximum atomic E-state index is 11.9. The molecule has 0 amide bonds. The van der Waals surface area contributed by atoms with Crippen LogP contribution in [0.2, 0.25) is 0 Å². The Balaban J connectivity index is 2.93. The molecule has 0 radical (unpaired) electrons.